The Morgan fingerprint density at radius 1 is 0.967 bits per heavy atom. The van der Waals surface area contributed by atoms with Crippen molar-refractivity contribution in [1.29, 1.82) is 0 Å². The monoisotopic (exact) mass is 845 g/mol. The van der Waals surface area contributed by atoms with Crippen molar-refractivity contribution in [3.05, 3.63) is 77.0 Å². The average molecular weight is 846 g/mol. The summed E-state index contributed by atoms with van der Waals surface area (Å²) in [7, 11) is -2.20. The number of likely N-dealkylation sites (tertiary alicyclic amines) is 1. The van der Waals surface area contributed by atoms with Crippen molar-refractivity contribution in [2.45, 2.75) is 120 Å². The first-order valence-corrected chi connectivity index (χ1v) is 22.9. The number of hydrogen-bond donors (Lipinski definition) is 4. The van der Waals surface area contributed by atoms with Gasteiger partial charge < -0.3 is 30.0 Å². The van der Waals surface area contributed by atoms with E-state index < -0.39 is 51.3 Å². The number of H-pyrrole nitrogens is 1. The van der Waals surface area contributed by atoms with Crippen LogP contribution < -0.4 is 25.5 Å². The lowest BCUT2D eigenvalue weighted by atomic mass is 9.83. The van der Waals surface area contributed by atoms with Gasteiger partial charge in [0.1, 0.15) is 23.9 Å². The van der Waals surface area contributed by atoms with Crippen LogP contribution >= 0.6 is 0 Å². The van der Waals surface area contributed by atoms with Crippen LogP contribution in [0, 0.1) is 11.8 Å². The van der Waals surface area contributed by atoms with Crippen LogP contribution in [0.5, 0.6) is 5.75 Å². The van der Waals surface area contributed by atoms with E-state index in [0.717, 1.165) is 68.2 Å². The zero-order valence-corrected chi connectivity index (χ0v) is 35.5. The Bertz CT molecular complexity index is 2180. The van der Waals surface area contributed by atoms with Crippen LogP contribution in [-0.4, -0.2) is 85.8 Å². The molecule has 4 N–H and O–H groups in total. The Balaban J connectivity index is 1.01. The number of carbonyl (C=O) groups is 4. The van der Waals surface area contributed by atoms with Crippen LogP contribution in [0.3, 0.4) is 0 Å². The maximum atomic E-state index is 14.2. The number of hydrogen-bond acceptors (Lipinski definition) is 9. The molecule has 3 aromatic rings. The zero-order valence-electron chi connectivity index (χ0n) is 34.7. The molecule has 4 atom stereocenters. The normalized spacial score (nSPS) is 18.6. The summed E-state index contributed by atoms with van der Waals surface area (Å²) < 4.78 is 38.3. The molecule has 1 aliphatic heterocycles. The molecule has 1 aromatic heterocycles. The number of fused-ring (bicyclic) bond motifs is 1. The second-order valence-electron chi connectivity index (χ2n) is 16.6. The maximum Gasteiger partial charge on any atom is 0.407 e. The van der Waals surface area contributed by atoms with Gasteiger partial charge in [0.15, 0.2) is 5.43 Å². The van der Waals surface area contributed by atoms with Gasteiger partial charge in [-0.1, -0.05) is 69.0 Å². The predicted molar refractivity (Wildman–Crippen MR) is 230 cm³/mol. The van der Waals surface area contributed by atoms with Crippen LogP contribution in [0.1, 0.15) is 96.0 Å². The number of methoxy groups -OCH3 is 1. The molecule has 6 rings (SSSR count). The van der Waals surface area contributed by atoms with Crippen molar-refractivity contribution in [3.63, 3.8) is 0 Å². The summed E-state index contributed by atoms with van der Waals surface area (Å²) in [4.78, 5) is 72.0. The number of benzene rings is 2. The van der Waals surface area contributed by atoms with Crippen LogP contribution in [0.4, 0.5) is 4.79 Å². The molecule has 2 aliphatic carbocycles. The summed E-state index contributed by atoms with van der Waals surface area (Å²) in [5.41, 5.74) is 3.27. The largest absolute Gasteiger partial charge is 0.496 e. The van der Waals surface area contributed by atoms with E-state index in [1.54, 1.807) is 13.2 Å². The maximum absolute atomic E-state index is 14.2. The molecule has 0 bridgehead atoms. The van der Waals surface area contributed by atoms with E-state index >= 15 is 0 Å². The first-order chi connectivity index (χ1) is 28.9. The standard InChI is InChI=1S/C45H59N5O9S/c1-4-14-35(42(52)49-60(56,57)33-22-23-33)47-43(53)38-21-13-24-50(38)44(54)41(31-18-9-6-10-19-31)48-45(55)59-28-29(2)15-11-12-20-32-25-34-37(27-40(32)58-3)46-36(26-39(34)51)30-16-7-5-8-17-30/h4-5,7-8,16-17,25-27,29,31,33,35,38,41H,1,6,9-15,18-24,28H2,2-3H3,(H,46,51)(H,47,53)(H,48,55)(H,49,52)/t29?,35?,38-,41-/m0/s1. The van der Waals surface area contributed by atoms with Crippen molar-refractivity contribution in [2.24, 2.45) is 11.8 Å². The van der Waals surface area contributed by atoms with Gasteiger partial charge in [0.05, 0.1) is 24.5 Å². The Morgan fingerprint density at radius 3 is 2.42 bits per heavy atom. The highest BCUT2D eigenvalue weighted by Crippen LogP contribution is 2.31. The lowest BCUT2D eigenvalue weighted by Crippen LogP contribution is -2.58. The van der Waals surface area contributed by atoms with Gasteiger partial charge in [-0.25, -0.2) is 13.2 Å². The minimum Gasteiger partial charge on any atom is -0.496 e. The molecule has 60 heavy (non-hydrogen) atoms. The molecule has 14 nitrogen and oxygen atoms in total. The van der Waals surface area contributed by atoms with Crippen molar-refractivity contribution in [1.82, 2.24) is 25.2 Å². The third-order valence-electron chi connectivity index (χ3n) is 11.9. The molecule has 2 aromatic carbocycles. The lowest BCUT2D eigenvalue weighted by Gasteiger charge is -2.34. The minimum absolute atomic E-state index is 0.00690. The fourth-order valence-corrected chi connectivity index (χ4v) is 9.77. The van der Waals surface area contributed by atoms with Gasteiger partial charge in [-0.3, -0.25) is 23.9 Å². The minimum atomic E-state index is -3.82. The fraction of sp³-hybridized carbons (Fsp3) is 0.533. The number of amides is 4. The fourth-order valence-electron chi connectivity index (χ4n) is 8.43. The molecule has 4 amide bonds. The highest BCUT2D eigenvalue weighted by Gasteiger charge is 2.42. The molecule has 2 unspecified atom stereocenters. The first kappa shape index (κ1) is 44.4. The molecule has 3 aliphatic rings. The number of aromatic nitrogens is 1. The molecule has 0 radical (unpaired) electrons. The van der Waals surface area contributed by atoms with Gasteiger partial charge >= 0.3 is 6.09 Å². The Kier molecular flexibility index (Phi) is 15.1. The van der Waals surface area contributed by atoms with Crippen molar-refractivity contribution < 1.29 is 37.1 Å². The van der Waals surface area contributed by atoms with Gasteiger partial charge in [-0.05, 0) is 93.2 Å². The molecular weight excluding hydrogens is 787 g/mol. The lowest BCUT2D eigenvalue weighted by molar-refractivity contribution is -0.141. The number of alkyl carbamates (subject to hydrolysis) is 1. The van der Waals surface area contributed by atoms with E-state index in [2.05, 4.69) is 26.9 Å². The molecule has 1 saturated heterocycles. The third kappa shape index (κ3) is 11.3. The highest BCUT2D eigenvalue weighted by atomic mass is 32.2. The predicted octanol–water partition coefficient (Wildman–Crippen LogP) is 5.89. The number of aromatic amines is 1. The highest BCUT2D eigenvalue weighted by molar-refractivity contribution is 7.90. The van der Waals surface area contributed by atoms with E-state index in [0.29, 0.717) is 55.3 Å². The summed E-state index contributed by atoms with van der Waals surface area (Å²) in [6, 6.07) is 12.2. The van der Waals surface area contributed by atoms with Crippen molar-refractivity contribution in [3.8, 4) is 17.0 Å². The number of aryl methyl sites for hydroxylation is 1. The number of carbonyl (C=O) groups excluding carboxylic acids is 4. The quantitative estimate of drug-likeness (QED) is 0.0842. The van der Waals surface area contributed by atoms with E-state index in [4.69, 9.17) is 9.47 Å². The van der Waals surface area contributed by atoms with Gasteiger partial charge in [0.2, 0.25) is 21.8 Å². The van der Waals surface area contributed by atoms with Gasteiger partial charge in [-0.2, -0.15) is 0 Å². The SMILES string of the molecule is C=CCC(NC(=O)[C@@H]1CCCN1C(=O)[C@@H](NC(=O)OCC(C)CCCCc1cc2c(=O)cc(-c3ccccc3)[nH]c2cc1OC)C1CCCCC1)C(=O)NS(=O)(=O)C1CC1. The van der Waals surface area contributed by atoms with Crippen LogP contribution in [-0.2, 0) is 35.6 Å². The number of nitrogens with zero attached hydrogens (tertiary/aromatic N) is 1. The Hall–Kier alpha value is -5.18. The molecule has 3 fully saturated rings. The summed E-state index contributed by atoms with van der Waals surface area (Å²) in [5, 5.41) is 5.52. The number of nitrogens with one attached hydrogen (secondary N) is 4. The van der Waals surface area contributed by atoms with Crippen molar-refractivity contribution >= 4 is 44.7 Å². The number of sulfonamides is 1. The van der Waals surface area contributed by atoms with E-state index in [1.807, 2.05) is 49.4 Å². The number of ether oxygens (including phenoxy) is 2. The topological polar surface area (TPSA) is 193 Å². The number of rotatable bonds is 19. The van der Waals surface area contributed by atoms with E-state index in [-0.39, 0.29) is 36.2 Å². The molecule has 0 spiro atoms. The summed E-state index contributed by atoms with van der Waals surface area (Å²) in [5.74, 6) is -1.14. The average Bonchev–Trinajstić information content (AvgIpc) is 4.01. The van der Waals surface area contributed by atoms with Crippen LogP contribution in [0.15, 0.2) is 66.0 Å². The first-order valence-electron chi connectivity index (χ1n) is 21.4. The summed E-state index contributed by atoms with van der Waals surface area (Å²) in [6.45, 7) is 6.12. The van der Waals surface area contributed by atoms with Crippen molar-refractivity contribution in [2.75, 3.05) is 20.3 Å². The third-order valence-corrected chi connectivity index (χ3v) is 13.8. The smallest absolute Gasteiger partial charge is 0.407 e. The zero-order chi connectivity index (χ0) is 42.8. The van der Waals surface area contributed by atoms with E-state index in [9.17, 15) is 32.4 Å². The van der Waals surface area contributed by atoms with Gasteiger partial charge in [0, 0.05) is 29.8 Å². The molecular formula is C45H59N5O9S. The molecule has 2 heterocycles. The van der Waals surface area contributed by atoms with Crippen LogP contribution in [0.25, 0.3) is 22.2 Å². The molecule has 2 saturated carbocycles. The Labute approximate surface area is 352 Å². The summed E-state index contributed by atoms with van der Waals surface area (Å²) >= 11 is 0. The second-order valence-corrected chi connectivity index (χ2v) is 18.5. The number of unbranched alkanes of at least 4 members (excludes halogenated alkanes) is 1. The summed E-state index contributed by atoms with van der Waals surface area (Å²) in [6.07, 6.45) is 10.2. The van der Waals surface area contributed by atoms with Gasteiger partial charge in [-0.15, -0.1) is 6.58 Å². The van der Waals surface area contributed by atoms with Gasteiger partial charge in [0.25, 0.3) is 5.91 Å². The molecule has 15 heteroatoms. The van der Waals surface area contributed by atoms with Crippen LogP contribution in [0.2, 0.25) is 0 Å². The number of pyridine rings is 1. The Morgan fingerprint density at radius 2 is 1.72 bits per heavy atom. The molecule has 324 valence electrons. The second kappa shape index (κ2) is 20.4. The van der Waals surface area contributed by atoms with E-state index in [1.165, 1.54) is 11.0 Å².